The van der Waals surface area contributed by atoms with Crippen molar-refractivity contribution in [3.8, 4) is 5.75 Å². The maximum atomic E-state index is 13.1. The number of benzene rings is 2. The average molecular weight is 482 g/mol. The van der Waals surface area contributed by atoms with Gasteiger partial charge in [0, 0.05) is 38.9 Å². The number of hydrogen-bond acceptors (Lipinski definition) is 5. The van der Waals surface area contributed by atoms with Gasteiger partial charge in [0.1, 0.15) is 11.8 Å². The van der Waals surface area contributed by atoms with Crippen LogP contribution in [0, 0.1) is 12.8 Å². The molecule has 1 aliphatic heterocycles. The summed E-state index contributed by atoms with van der Waals surface area (Å²) >= 11 is 0. The zero-order chi connectivity index (χ0) is 25.2. The summed E-state index contributed by atoms with van der Waals surface area (Å²) in [6, 6.07) is 13.8. The van der Waals surface area contributed by atoms with E-state index in [1.165, 1.54) is 0 Å². The highest BCUT2D eigenvalue weighted by molar-refractivity contribution is 5.99. The number of nitrogens with zero attached hydrogens (tertiary/aromatic N) is 1. The number of piperidine rings is 1. The Kier molecular flexibility index (Phi) is 9.66. The smallest absolute Gasteiger partial charge is 0.257 e. The van der Waals surface area contributed by atoms with Crippen LogP contribution in [0.4, 0.5) is 0 Å². The molecule has 1 aliphatic rings. The molecule has 2 aromatic carbocycles. The molecule has 0 unspecified atom stereocenters. The van der Waals surface area contributed by atoms with Crippen molar-refractivity contribution in [3.63, 3.8) is 0 Å². The third kappa shape index (κ3) is 6.82. The third-order valence-electron chi connectivity index (χ3n) is 6.42. The lowest BCUT2D eigenvalue weighted by atomic mass is 9.88. The first-order valence-electron chi connectivity index (χ1n) is 12.0. The van der Waals surface area contributed by atoms with E-state index in [0.29, 0.717) is 62.4 Å². The number of hydrogen-bond donors (Lipinski definition) is 2. The van der Waals surface area contributed by atoms with Crippen LogP contribution in [-0.2, 0) is 9.53 Å². The van der Waals surface area contributed by atoms with E-state index < -0.39 is 6.04 Å². The van der Waals surface area contributed by atoms with E-state index in [9.17, 15) is 14.4 Å². The Hall–Kier alpha value is -3.39. The maximum Gasteiger partial charge on any atom is 0.257 e. The minimum Gasteiger partial charge on any atom is -0.496 e. The Balaban J connectivity index is 1.69. The van der Waals surface area contributed by atoms with Crippen LogP contribution in [0.25, 0.3) is 0 Å². The Morgan fingerprint density at radius 1 is 1.00 bits per heavy atom. The van der Waals surface area contributed by atoms with E-state index in [2.05, 4.69) is 10.6 Å². The molecule has 188 valence electrons. The van der Waals surface area contributed by atoms with E-state index >= 15 is 0 Å². The van der Waals surface area contributed by atoms with Crippen molar-refractivity contribution in [2.45, 2.75) is 32.2 Å². The molecule has 35 heavy (non-hydrogen) atoms. The molecule has 0 bridgehead atoms. The summed E-state index contributed by atoms with van der Waals surface area (Å²) in [6.45, 7) is 3.87. The Labute approximate surface area is 207 Å². The average Bonchev–Trinajstić information content (AvgIpc) is 2.89. The Morgan fingerprint density at radius 3 is 2.31 bits per heavy atom. The monoisotopic (exact) mass is 481 g/mol. The fourth-order valence-corrected chi connectivity index (χ4v) is 4.41. The van der Waals surface area contributed by atoms with Crippen LogP contribution in [0.3, 0.4) is 0 Å². The summed E-state index contributed by atoms with van der Waals surface area (Å²) in [5.74, 6) is -0.124. The lowest BCUT2D eigenvalue weighted by Gasteiger charge is -2.36. The molecule has 1 saturated heterocycles. The van der Waals surface area contributed by atoms with Crippen LogP contribution in [-0.4, -0.2) is 69.1 Å². The van der Waals surface area contributed by atoms with Gasteiger partial charge in [-0.25, -0.2) is 0 Å². The van der Waals surface area contributed by atoms with E-state index in [1.54, 1.807) is 37.3 Å². The second-order valence-corrected chi connectivity index (χ2v) is 8.73. The first kappa shape index (κ1) is 26.2. The third-order valence-corrected chi connectivity index (χ3v) is 6.42. The fraction of sp³-hybridized carbons (Fsp3) is 0.444. The van der Waals surface area contributed by atoms with Crippen molar-refractivity contribution in [1.82, 2.24) is 15.5 Å². The number of para-hydroxylation sites is 1. The molecule has 0 radical (unpaired) electrons. The van der Waals surface area contributed by atoms with Crippen molar-refractivity contribution in [2.75, 3.05) is 40.5 Å². The molecule has 3 amide bonds. The summed E-state index contributed by atoms with van der Waals surface area (Å²) in [5, 5.41) is 5.90. The number of rotatable bonds is 10. The van der Waals surface area contributed by atoms with Gasteiger partial charge in [-0.15, -0.1) is 0 Å². The topological polar surface area (TPSA) is 97.0 Å². The van der Waals surface area contributed by atoms with Crippen LogP contribution < -0.4 is 15.4 Å². The number of ether oxygens (including phenoxy) is 2. The summed E-state index contributed by atoms with van der Waals surface area (Å²) in [5.41, 5.74) is 1.92. The Bertz CT molecular complexity index is 1020. The molecule has 1 atom stereocenters. The number of likely N-dealkylation sites (tertiary alicyclic amines) is 1. The summed E-state index contributed by atoms with van der Waals surface area (Å²) in [6.07, 6.45) is 1.89. The molecule has 8 heteroatoms. The SMILES string of the molecule is COCCCNC(=O)[C@@H](NC(=O)c1ccccc1C)C1CCN(C(=O)c2ccccc2OC)CC1. The number of nitrogens with one attached hydrogen (secondary N) is 2. The number of carbonyl (C=O) groups excluding carboxylic acids is 3. The first-order valence-corrected chi connectivity index (χ1v) is 12.0. The Morgan fingerprint density at radius 2 is 1.66 bits per heavy atom. The quantitative estimate of drug-likeness (QED) is 0.509. The van der Waals surface area contributed by atoms with E-state index in [1.807, 2.05) is 37.3 Å². The molecule has 1 heterocycles. The largest absolute Gasteiger partial charge is 0.496 e. The second kappa shape index (κ2) is 12.9. The van der Waals surface area contributed by atoms with Crippen LogP contribution in [0.1, 0.15) is 45.5 Å². The second-order valence-electron chi connectivity index (χ2n) is 8.73. The number of amides is 3. The van der Waals surface area contributed by atoms with Crippen LogP contribution >= 0.6 is 0 Å². The van der Waals surface area contributed by atoms with E-state index in [0.717, 1.165) is 5.56 Å². The lowest BCUT2D eigenvalue weighted by Crippen LogP contribution is -2.54. The fourth-order valence-electron chi connectivity index (χ4n) is 4.41. The molecule has 0 aromatic heterocycles. The van der Waals surface area contributed by atoms with Gasteiger partial charge in [-0.2, -0.15) is 0 Å². The first-order chi connectivity index (χ1) is 17.0. The molecular weight excluding hydrogens is 446 g/mol. The van der Waals surface area contributed by atoms with Gasteiger partial charge in [-0.3, -0.25) is 14.4 Å². The maximum absolute atomic E-state index is 13.1. The van der Waals surface area contributed by atoms with Crippen LogP contribution in [0.15, 0.2) is 48.5 Å². The van der Waals surface area contributed by atoms with Gasteiger partial charge in [-0.05, 0) is 55.9 Å². The molecule has 8 nitrogen and oxygen atoms in total. The van der Waals surface area contributed by atoms with Gasteiger partial charge in [0.2, 0.25) is 5.91 Å². The zero-order valence-electron chi connectivity index (χ0n) is 20.7. The highest BCUT2D eigenvalue weighted by Gasteiger charge is 2.34. The molecule has 2 aromatic rings. The highest BCUT2D eigenvalue weighted by Crippen LogP contribution is 2.26. The van der Waals surface area contributed by atoms with E-state index in [-0.39, 0.29) is 23.6 Å². The molecule has 2 N–H and O–H groups in total. The van der Waals surface area contributed by atoms with Gasteiger partial charge in [-0.1, -0.05) is 30.3 Å². The van der Waals surface area contributed by atoms with Gasteiger partial charge >= 0.3 is 0 Å². The molecule has 0 saturated carbocycles. The van der Waals surface area contributed by atoms with Gasteiger partial charge in [0.25, 0.3) is 11.8 Å². The standard InChI is InChI=1S/C27H35N3O5/c1-19-9-4-5-10-21(19)25(31)29-24(26(32)28-15-8-18-34-2)20-13-16-30(17-14-20)27(33)22-11-6-7-12-23(22)35-3/h4-7,9-12,20,24H,8,13-18H2,1-3H3,(H,28,32)(H,29,31)/t24-/m0/s1. The van der Waals surface area contributed by atoms with Crippen molar-refractivity contribution >= 4 is 17.7 Å². The normalized spacial score (nSPS) is 14.8. The summed E-state index contributed by atoms with van der Waals surface area (Å²) < 4.78 is 10.4. The van der Waals surface area contributed by atoms with Gasteiger partial charge in [0.15, 0.2) is 0 Å². The predicted octanol–water partition coefficient (Wildman–Crippen LogP) is 2.81. The lowest BCUT2D eigenvalue weighted by molar-refractivity contribution is -0.124. The molecule has 1 fully saturated rings. The van der Waals surface area contributed by atoms with Crippen molar-refractivity contribution in [3.05, 3.63) is 65.2 Å². The molecular formula is C27H35N3O5. The molecule has 0 spiro atoms. The van der Waals surface area contributed by atoms with Gasteiger partial charge in [0.05, 0.1) is 12.7 Å². The van der Waals surface area contributed by atoms with Gasteiger partial charge < -0.3 is 25.0 Å². The summed E-state index contributed by atoms with van der Waals surface area (Å²) in [7, 11) is 3.17. The van der Waals surface area contributed by atoms with Crippen LogP contribution in [0.5, 0.6) is 5.75 Å². The minimum absolute atomic E-state index is 0.0906. The van der Waals surface area contributed by atoms with Crippen molar-refractivity contribution in [1.29, 1.82) is 0 Å². The molecule has 3 rings (SSSR count). The minimum atomic E-state index is -0.687. The number of methoxy groups -OCH3 is 2. The number of carbonyl (C=O) groups is 3. The predicted molar refractivity (Wildman–Crippen MR) is 134 cm³/mol. The zero-order valence-corrected chi connectivity index (χ0v) is 20.7. The molecule has 0 aliphatic carbocycles. The highest BCUT2D eigenvalue weighted by atomic mass is 16.5. The van der Waals surface area contributed by atoms with Crippen molar-refractivity contribution < 1.29 is 23.9 Å². The summed E-state index contributed by atoms with van der Waals surface area (Å²) in [4.78, 5) is 41.0. The number of aryl methyl sites for hydroxylation is 1. The van der Waals surface area contributed by atoms with E-state index in [4.69, 9.17) is 9.47 Å². The van der Waals surface area contributed by atoms with Crippen molar-refractivity contribution in [2.24, 2.45) is 5.92 Å². The van der Waals surface area contributed by atoms with Crippen LogP contribution in [0.2, 0.25) is 0 Å².